The second-order valence-corrected chi connectivity index (χ2v) is 8.20. The van der Waals surface area contributed by atoms with Gasteiger partial charge in [-0.25, -0.2) is 0 Å². The fraction of sp³-hybridized carbons (Fsp3) is 0.364. The molecule has 1 aromatic carbocycles. The number of ketones is 1. The van der Waals surface area contributed by atoms with Gasteiger partial charge in [0.15, 0.2) is 28.7 Å². The summed E-state index contributed by atoms with van der Waals surface area (Å²) < 4.78 is 18.3. The van der Waals surface area contributed by atoms with Crippen molar-refractivity contribution in [1.29, 1.82) is 0 Å². The van der Waals surface area contributed by atoms with Crippen LogP contribution in [0, 0.1) is 0 Å². The van der Waals surface area contributed by atoms with Gasteiger partial charge in [-0.1, -0.05) is 6.92 Å². The number of benzene rings is 1. The quantitative estimate of drug-likeness (QED) is 0.641. The standard InChI is InChI=1S/C22H22N2O5S/c1-2-16(25)14-9-13(10-18-20(14)28-8-7-27-18)15-12-30-22-17(26)11-19(29-21(15)22)24-5-3-23-4-6-24/h9-12,23H,2-8H2,1H3. The van der Waals surface area contributed by atoms with Gasteiger partial charge in [0.1, 0.15) is 17.9 Å². The number of Topliss-reactive ketones (excluding diaryl/α,β-unsaturated/α-hetero) is 1. The molecule has 8 heteroatoms. The molecular weight excluding hydrogens is 404 g/mol. The van der Waals surface area contributed by atoms with E-state index in [1.165, 1.54) is 11.3 Å². The van der Waals surface area contributed by atoms with Crippen LogP contribution in [0.4, 0.5) is 5.88 Å². The SMILES string of the molecule is CCC(=O)c1cc(-c2csc3c(=O)cc(N4CCNCC4)oc23)cc2c1OCCO2. The maximum atomic E-state index is 12.8. The van der Waals surface area contributed by atoms with Crippen LogP contribution in [0.1, 0.15) is 23.7 Å². The largest absolute Gasteiger partial charge is 0.486 e. The maximum Gasteiger partial charge on any atom is 0.204 e. The van der Waals surface area contributed by atoms with Crippen molar-refractivity contribution in [3.8, 4) is 22.6 Å². The Labute approximate surface area is 177 Å². The lowest BCUT2D eigenvalue weighted by Crippen LogP contribution is -2.43. The van der Waals surface area contributed by atoms with Gasteiger partial charge in [0, 0.05) is 49.6 Å². The van der Waals surface area contributed by atoms with Crippen molar-refractivity contribution in [1.82, 2.24) is 5.32 Å². The summed E-state index contributed by atoms with van der Waals surface area (Å²) in [6.45, 7) is 5.94. The molecular formula is C22H22N2O5S. The molecule has 2 aromatic heterocycles. The van der Waals surface area contributed by atoms with Gasteiger partial charge >= 0.3 is 0 Å². The highest BCUT2D eigenvalue weighted by Gasteiger charge is 2.24. The van der Waals surface area contributed by atoms with Gasteiger partial charge in [-0.3, -0.25) is 9.59 Å². The summed E-state index contributed by atoms with van der Waals surface area (Å²) in [7, 11) is 0. The normalized spacial score (nSPS) is 16.1. The summed E-state index contributed by atoms with van der Waals surface area (Å²) in [5, 5.41) is 5.21. The van der Waals surface area contributed by atoms with Crippen molar-refractivity contribution in [2.45, 2.75) is 13.3 Å². The molecule has 0 spiro atoms. The van der Waals surface area contributed by atoms with Gasteiger partial charge in [0.25, 0.3) is 0 Å². The van der Waals surface area contributed by atoms with E-state index in [1.54, 1.807) is 6.07 Å². The minimum absolute atomic E-state index is 0.0129. The smallest absolute Gasteiger partial charge is 0.204 e. The summed E-state index contributed by atoms with van der Waals surface area (Å²) in [5.74, 6) is 1.62. The highest BCUT2D eigenvalue weighted by atomic mass is 32.1. The Morgan fingerprint density at radius 2 is 1.97 bits per heavy atom. The predicted molar refractivity (Wildman–Crippen MR) is 116 cm³/mol. The zero-order valence-corrected chi connectivity index (χ0v) is 17.5. The first-order valence-corrected chi connectivity index (χ1v) is 11.0. The molecule has 1 fully saturated rings. The summed E-state index contributed by atoms with van der Waals surface area (Å²) in [6, 6.07) is 5.25. The number of anilines is 1. The maximum absolute atomic E-state index is 12.8. The Balaban J connectivity index is 1.67. The van der Waals surface area contributed by atoms with E-state index in [1.807, 2.05) is 24.4 Å². The zero-order valence-electron chi connectivity index (χ0n) is 16.7. The number of nitrogens with zero attached hydrogens (tertiary/aromatic N) is 1. The fourth-order valence-corrected chi connectivity index (χ4v) is 4.79. The molecule has 0 bridgehead atoms. The number of carbonyl (C=O) groups is 1. The van der Waals surface area contributed by atoms with Gasteiger partial charge in [-0.05, 0) is 17.7 Å². The summed E-state index contributed by atoms with van der Waals surface area (Å²) in [5.41, 5.74) is 2.56. The average molecular weight is 426 g/mol. The molecule has 3 aromatic rings. The van der Waals surface area contributed by atoms with Crippen LogP contribution in [-0.4, -0.2) is 45.2 Å². The van der Waals surface area contributed by atoms with Gasteiger partial charge in [0.05, 0.1) is 5.56 Å². The topological polar surface area (TPSA) is 81.0 Å². The van der Waals surface area contributed by atoms with E-state index in [0.29, 0.717) is 52.9 Å². The first-order chi connectivity index (χ1) is 14.7. The van der Waals surface area contributed by atoms with Gasteiger partial charge < -0.3 is 24.1 Å². The number of hydrogen-bond acceptors (Lipinski definition) is 8. The molecule has 0 saturated carbocycles. The number of ether oxygens (including phenoxy) is 2. The average Bonchev–Trinajstić information content (AvgIpc) is 3.23. The molecule has 0 radical (unpaired) electrons. The third-order valence-electron chi connectivity index (χ3n) is 5.43. The van der Waals surface area contributed by atoms with E-state index in [0.717, 1.165) is 37.3 Å². The van der Waals surface area contributed by atoms with E-state index in [-0.39, 0.29) is 11.2 Å². The summed E-state index contributed by atoms with van der Waals surface area (Å²) >= 11 is 1.35. The monoisotopic (exact) mass is 426 g/mol. The van der Waals surface area contributed by atoms with Crippen LogP contribution in [0.15, 0.2) is 32.8 Å². The van der Waals surface area contributed by atoms with Gasteiger partial charge in [-0.2, -0.15) is 0 Å². The Morgan fingerprint density at radius 1 is 1.17 bits per heavy atom. The molecule has 1 saturated heterocycles. The predicted octanol–water partition coefficient (Wildman–Crippen LogP) is 3.30. The van der Waals surface area contributed by atoms with Crippen LogP contribution in [-0.2, 0) is 0 Å². The number of nitrogens with one attached hydrogen (secondary N) is 1. The van der Waals surface area contributed by atoms with Crippen LogP contribution >= 0.6 is 11.3 Å². The van der Waals surface area contributed by atoms with Crippen LogP contribution < -0.4 is 25.1 Å². The highest BCUT2D eigenvalue weighted by Crippen LogP contribution is 2.42. The van der Waals surface area contributed by atoms with Crippen LogP contribution in [0.5, 0.6) is 11.5 Å². The van der Waals surface area contributed by atoms with Crippen LogP contribution in [0.3, 0.4) is 0 Å². The molecule has 156 valence electrons. The Morgan fingerprint density at radius 3 is 2.77 bits per heavy atom. The van der Waals surface area contributed by atoms with E-state index >= 15 is 0 Å². The summed E-state index contributed by atoms with van der Waals surface area (Å²) in [6.07, 6.45) is 0.367. The van der Waals surface area contributed by atoms with Crippen molar-refractivity contribution in [2.24, 2.45) is 0 Å². The van der Waals surface area contributed by atoms with Crippen molar-refractivity contribution in [3.05, 3.63) is 39.4 Å². The zero-order chi connectivity index (χ0) is 20.7. The lowest BCUT2D eigenvalue weighted by atomic mass is 9.99. The van der Waals surface area contributed by atoms with E-state index in [9.17, 15) is 9.59 Å². The number of carbonyl (C=O) groups excluding carboxylic acids is 1. The van der Waals surface area contributed by atoms with Crippen molar-refractivity contribution < 1.29 is 18.7 Å². The molecule has 0 amide bonds. The van der Waals surface area contributed by atoms with Gasteiger partial charge in [0.2, 0.25) is 5.43 Å². The minimum atomic E-state index is -0.0524. The van der Waals surface area contributed by atoms with E-state index in [2.05, 4.69) is 10.2 Å². The lowest BCUT2D eigenvalue weighted by molar-refractivity contribution is 0.0977. The highest BCUT2D eigenvalue weighted by molar-refractivity contribution is 7.17. The van der Waals surface area contributed by atoms with Crippen LogP contribution in [0.25, 0.3) is 21.4 Å². The van der Waals surface area contributed by atoms with Crippen molar-refractivity contribution >= 4 is 33.3 Å². The molecule has 7 nitrogen and oxygen atoms in total. The molecule has 0 atom stereocenters. The minimum Gasteiger partial charge on any atom is -0.486 e. The molecule has 0 unspecified atom stereocenters. The van der Waals surface area contributed by atoms with Crippen LogP contribution in [0.2, 0.25) is 0 Å². The molecule has 2 aliphatic rings. The van der Waals surface area contributed by atoms with E-state index in [4.69, 9.17) is 13.9 Å². The molecule has 4 heterocycles. The third-order valence-corrected chi connectivity index (χ3v) is 6.41. The number of piperazine rings is 1. The molecule has 30 heavy (non-hydrogen) atoms. The summed E-state index contributed by atoms with van der Waals surface area (Å²) in [4.78, 5) is 27.4. The Hall–Kier alpha value is -2.84. The first-order valence-electron chi connectivity index (χ1n) is 10.1. The second-order valence-electron chi connectivity index (χ2n) is 7.32. The molecule has 2 aliphatic heterocycles. The van der Waals surface area contributed by atoms with E-state index < -0.39 is 0 Å². The Kier molecular flexibility index (Phi) is 4.96. The van der Waals surface area contributed by atoms with Crippen molar-refractivity contribution in [3.63, 3.8) is 0 Å². The van der Waals surface area contributed by atoms with Crippen molar-refractivity contribution in [2.75, 3.05) is 44.3 Å². The second kappa shape index (κ2) is 7.77. The third kappa shape index (κ3) is 3.26. The molecule has 5 rings (SSSR count). The van der Waals surface area contributed by atoms with Gasteiger partial charge in [-0.15, -0.1) is 11.3 Å². The number of thiophene rings is 1. The first kappa shape index (κ1) is 19.1. The Bertz CT molecular complexity index is 1180. The lowest BCUT2D eigenvalue weighted by Gasteiger charge is -2.27. The number of fused-ring (bicyclic) bond motifs is 2. The molecule has 1 N–H and O–H groups in total. The fourth-order valence-electron chi connectivity index (χ4n) is 3.88. The number of rotatable bonds is 4. The molecule has 0 aliphatic carbocycles. The number of hydrogen-bond donors (Lipinski definition) is 1.